The third kappa shape index (κ3) is 3.12. The Balaban J connectivity index is 1.62. The molecule has 0 radical (unpaired) electrons. The van der Waals surface area contributed by atoms with Gasteiger partial charge in [-0.1, -0.05) is 13.3 Å². The summed E-state index contributed by atoms with van der Waals surface area (Å²) in [4.78, 5) is 2.53. The van der Waals surface area contributed by atoms with Gasteiger partial charge < -0.3 is 4.90 Å². The van der Waals surface area contributed by atoms with Gasteiger partial charge in [0.2, 0.25) is 0 Å². The zero-order valence-corrected chi connectivity index (χ0v) is 12.2. The zero-order valence-electron chi connectivity index (χ0n) is 12.2. The van der Waals surface area contributed by atoms with Gasteiger partial charge in [0.25, 0.3) is 0 Å². The van der Waals surface area contributed by atoms with E-state index < -0.39 is 0 Å². The van der Waals surface area contributed by atoms with Gasteiger partial charge in [-0.15, -0.1) is 0 Å². The molecule has 0 aromatic carbocycles. The average molecular weight is 261 g/mol. The van der Waals surface area contributed by atoms with Gasteiger partial charge in [0.1, 0.15) is 5.54 Å². The zero-order chi connectivity index (χ0) is 13.3. The maximum Gasteiger partial charge on any atom is 0.122 e. The van der Waals surface area contributed by atoms with Crippen LogP contribution in [0.5, 0.6) is 0 Å². The van der Waals surface area contributed by atoms with Crippen LogP contribution in [0.3, 0.4) is 0 Å². The van der Waals surface area contributed by atoms with Gasteiger partial charge >= 0.3 is 0 Å². The van der Waals surface area contributed by atoms with Gasteiger partial charge in [0.15, 0.2) is 0 Å². The summed E-state index contributed by atoms with van der Waals surface area (Å²) < 4.78 is 0. The second-order valence-corrected chi connectivity index (χ2v) is 6.90. The van der Waals surface area contributed by atoms with Crippen molar-refractivity contribution in [3.8, 4) is 6.07 Å². The summed E-state index contributed by atoms with van der Waals surface area (Å²) in [5.41, 5.74) is -0.249. The second kappa shape index (κ2) is 5.42. The maximum absolute atomic E-state index is 9.77. The monoisotopic (exact) mass is 261 g/mol. The van der Waals surface area contributed by atoms with Crippen LogP contribution in [0.1, 0.15) is 51.9 Å². The molecular formula is C16H27N3. The van der Waals surface area contributed by atoms with Crippen LogP contribution in [0.2, 0.25) is 0 Å². The molecule has 0 aliphatic heterocycles. The average Bonchev–Trinajstić information content (AvgIpc) is 3.23. The summed E-state index contributed by atoms with van der Waals surface area (Å²) >= 11 is 0. The lowest BCUT2D eigenvalue weighted by Gasteiger charge is -2.37. The Labute approximate surface area is 117 Å². The van der Waals surface area contributed by atoms with Crippen LogP contribution in [0, 0.1) is 23.2 Å². The van der Waals surface area contributed by atoms with Gasteiger partial charge in [0.05, 0.1) is 6.07 Å². The molecule has 0 spiro atoms. The molecule has 1 N–H and O–H groups in total. The Morgan fingerprint density at radius 1 is 1.21 bits per heavy atom. The van der Waals surface area contributed by atoms with Gasteiger partial charge in [-0.25, -0.2) is 0 Å². The highest BCUT2D eigenvalue weighted by molar-refractivity contribution is 5.18. The van der Waals surface area contributed by atoms with E-state index in [4.69, 9.17) is 0 Å². The van der Waals surface area contributed by atoms with Crippen molar-refractivity contribution in [3.63, 3.8) is 0 Å². The fraction of sp³-hybridized carbons (Fsp3) is 0.938. The summed E-state index contributed by atoms with van der Waals surface area (Å²) in [6.45, 7) is 5.47. The minimum absolute atomic E-state index is 0.249. The first kappa shape index (κ1) is 13.4. The van der Waals surface area contributed by atoms with Gasteiger partial charge in [-0.2, -0.15) is 5.26 Å². The first-order valence-electron chi connectivity index (χ1n) is 8.17. The molecule has 3 aliphatic carbocycles. The number of nitrogens with zero attached hydrogens (tertiary/aromatic N) is 2. The summed E-state index contributed by atoms with van der Waals surface area (Å²) in [5, 5.41) is 13.5. The SMILES string of the molecule is CCN(CC1CCC1)CC(C#N)(NC1CC1)C1CC1. The topological polar surface area (TPSA) is 39.1 Å². The van der Waals surface area contributed by atoms with Crippen LogP contribution in [0.25, 0.3) is 0 Å². The Morgan fingerprint density at radius 3 is 2.37 bits per heavy atom. The lowest BCUT2D eigenvalue weighted by molar-refractivity contribution is 0.146. The van der Waals surface area contributed by atoms with Crippen molar-refractivity contribution < 1.29 is 0 Å². The highest BCUT2D eigenvalue weighted by Gasteiger charge is 2.49. The molecule has 0 aromatic rings. The quantitative estimate of drug-likeness (QED) is 0.730. The minimum Gasteiger partial charge on any atom is -0.300 e. The molecule has 0 saturated heterocycles. The molecule has 0 heterocycles. The van der Waals surface area contributed by atoms with Crippen molar-refractivity contribution in [1.29, 1.82) is 5.26 Å². The van der Waals surface area contributed by atoms with E-state index in [2.05, 4.69) is 23.2 Å². The predicted octanol–water partition coefficient (Wildman–Crippen LogP) is 2.53. The van der Waals surface area contributed by atoms with Crippen molar-refractivity contribution in [3.05, 3.63) is 0 Å². The smallest absolute Gasteiger partial charge is 0.122 e. The largest absolute Gasteiger partial charge is 0.300 e. The van der Waals surface area contributed by atoms with Gasteiger partial charge in [0, 0.05) is 19.1 Å². The fourth-order valence-corrected chi connectivity index (χ4v) is 3.32. The summed E-state index contributed by atoms with van der Waals surface area (Å²) in [6.07, 6.45) is 9.23. The molecule has 0 bridgehead atoms. The van der Waals surface area contributed by atoms with Crippen molar-refractivity contribution >= 4 is 0 Å². The molecule has 3 nitrogen and oxygen atoms in total. The van der Waals surface area contributed by atoms with Crippen molar-refractivity contribution in [2.75, 3.05) is 19.6 Å². The Kier molecular flexibility index (Phi) is 3.82. The number of hydrogen-bond donors (Lipinski definition) is 1. The van der Waals surface area contributed by atoms with E-state index in [1.54, 1.807) is 0 Å². The Hall–Kier alpha value is -0.590. The molecule has 3 rings (SSSR count). The molecule has 3 aliphatic rings. The molecule has 106 valence electrons. The molecule has 1 atom stereocenters. The van der Waals surface area contributed by atoms with Crippen molar-refractivity contribution in [2.45, 2.75) is 63.5 Å². The first-order chi connectivity index (χ1) is 9.25. The lowest BCUT2D eigenvalue weighted by atomic mass is 9.84. The molecule has 3 fully saturated rings. The predicted molar refractivity (Wildman–Crippen MR) is 76.7 cm³/mol. The van der Waals surface area contributed by atoms with E-state index in [1.807, 2.05) is 0 Å². The summed E-state index contributed by atoms with van der Waals surface area (Å²) in [5.74, 6) is 1.50. The highest BCUT2D eigenvalue weighted by Crippen LogP contribution is 2.42. The van der Waals surface area contributed by atoms with Crippen molar-refractivity contribution in [1.82, 2.24) is 10.2 Å². The van der Waals surface area contributed by atoms with Crippen LogP contribution < -0.4 is 5.32 Å². The number of nitriles is 1. The number of rotatable bonds is 8. The summed E-state index contributed by atoms with van der Waals surface area (Å²) in [7, 11) is 0. The van der Waals surface area contributed by atoms with Gasteiger partial charge in [-0.3, -0.25) is 5.32 Å². The van der Waals surface area contributed by atoms with Crippen LogP contribution in [0.15, 0.2) is 0 Å². The van der Waals surface area contributed by atoms with E-state index in [1.165, 1.54) is 51.5 Å². The van der Waals surface area contributed by atoms with Crippen LogP contribution in [-0.4, -0.2) is 36.1 Å². The second-order valence-electron chi connectivity index (χ2n) is 6.90. The lowest BCUT2D eigenvalue weighted by Crippen LogP contribution is -2.56. The molecule has 19 heavy (non-hydrogen) atoms. The van der Waals surface area contributed by atoms with Crippen LogP contribution in [0.4, 0.5) is 0 Å². The Morgan fingerprint density at radius 2 is 1.95 bits per heavy atom. The fourth-order valence-electron chi connectivity index (χ4n) is 3.32. The molecule has 0 aromatic heterocycles. The first-order valence-corrected chi connectivity index (χ1v) is 8.17. The Bertz CT molecular complexity index is 349. The molecule has 3 heteroatoms. The van der Waals surface area contributed by atoms with E-state index in [-0.39, 0.29) is 5.54 Å². The third-order valence-electron chi connectivity index (χ3n) is 5.17. The van der Waals surface area contributed by atoms with E-state index in [9.17, 15) is 5.26 Å². The van der Waals surface area contributed by atoms with Crippen molar-refractivity contribution in [2.24, 2.45) is 11.8 Å². The molecule has 3 saturated carbocycles. The third-order valence-corrected chi connectivity index (χ3v) is 5.17. The van der Waals surface area contributed by atoms with E-state index in [0.29, 0.717) is 12.0 Å². The summed E-state index contributed by atoms with van der Waals surface area (Å²) in [6, 6.07) is 3.30. The standard InChI is InChI=1S/C16H27N3/c1-2-19(10-13-4-3-5-13)12-16(11-17,14-6-7-14)18-15-8-9-15/h13-15,18H,2-10,12H2,1H3. The molecule has 0 amide bonds. The van der Waals surface area contributed by atoms with Crippen LogP contribution >= 0.6 is 0 Å². The number of likely N-dealkylation sites (N-methyl/N-ethyl adjacent to an activating group) is 1. The number of hydrogen-bond acceptors (Lipinski definition) is 3. The molecular weight excluding hydrogens is 234 g/mol. The highest BCUT2D eigenvalue weighted by atomic mass is 15.2. The van der Waals surface area contributed by atoms with Gasteiger partial charge in [-0.05, 0) is 56.9 Å². The number of nitrogens with one attached hydrogen (secondary N) is 1. The maximum atomic E-state index is 9.77. The normalized spacial score (nSPS) is 26.8. The molecule has 1 unspecified atom stereocenters. The minimum atomic E-state index is -0.249. The van der Waals surface area contributed by atoms with E-state index in [0.717, 1.165) is 19.0 Å². The van der Waals surface area contributed by atoms with Crippen LogP contribution in [-0.2, 0) is 0 Å². The van der Waals surface area contributed by atoms with E-state index >= 15 is 0 Å².